The molecule has 42 heavy (non-hydrogen) atoms. The molecule has 0 spiro atoms. The molecule has 226 valence electrons. The molecule has 0 aliphatic rings. The number of ether oxygens (including phenoxy) is 1. The van der Waals surface area contributed by atoms with E-state index in [4.69, 9.17) is 4.74 Å². The van der Waals surface area contributed by atoms with Crippen LogP contribution >= 0.6 is 11.8 Å². The van der Waals surface area contributed by atoms with E-state index in [1.807, 2.05) is 58.2 Å². The summed E-state index contributed by atoms with van der Waals surface area (Å²) in [5, 5.41) is 2.90. The van der Waals surface area contributed by atoms with Crippen LogP contribution in [0.2, 0.25) is 0 Å². The van der Waals surface area contributed by atoms with Gasteiger partial charge in [-0.2, -0.15) is 0 Å². The molecule has 1 N–H and O–H groups in total. The molecule has 0 bridgehead atoms. The summed E-state index contributed by atoms with van der Waals surface area (Å²) >= 11 is 1.50. The smallest absolute Gasteiger partial charge is 0.264 e. The van der Waals surface area contributed by atoms with Crippen molar-refractivity contribution in [2.45, 2.75) is 57.0 Å². The number of para-hydroxylation sites is 2. The molecule has 1 unspecified atom stereocenters. The number of carbonyl (C=O) groups is 2. The Kier molecular flexibility index (Phi) is 11.9. The predicted molar refractivity (Wildman–Crippen MR) is 169 cm³/mol. The number of sulfonamides is 1. The van der Waals surface area contributed by atoms with Crippen LogP contribution in [0, 0.1) is 12.8 Å². The first-order chi connectivity index (χ1) is 20.0. The summed E-state index contributed by atoms with van der Waals surface area (Å²) in [6.07, 6.45) is 1.91. The molecule has 0 saturated heterocycles. The van der Waals surface area contributed by atoms with E-state index >= 15 is 0 Å². The molecular formula is C32H41N3O5S2. The van der Waals surface area contributed by atoms with E-state index in [0.717, 1.165) is 20.3 Å². The Balaban J connectivity index is 2.06. The van der Waals surface area contributed by atoms with Crippen molar-refractivity contribution in [3.05, 3.63) is 83.9 Å². The molecule has 3 aromatic carbocycles. The number of nitrogens with one attached hydrogen (secondary N) is 1. The molecule has 8 nitrogen and oxygen atoms in total. The molecule has 2 amide bonds. The lowest BCUT2D eigenvalue weighted by Crippen LogP contribution is -2.51. The summed E-state index contributed by atoms with van der Waals surface area (Å²) < 4.78 is 35.1. The number of rotatable bonds is 14. The predicted octanol–water partition coefficient (Wildman–Crippen LogP) is 5.50. The van der Waals surface area contributed by atoms with Gasteiger partial charge in [0.2, 0.25) is 11.8 Å². The second kappa shape index (κ2) is 15.1. The zero-order valence-electron chi connectivity index (χ0n) is 25.2. The maximum absolute atomic E-state index is 14.1. The quantitative estimate of drug-likeness (QED) is 0.242. The van der Waals surface area contributed by atoms with Gasteiger partial charge in [0.15, 0.2) is 0 Å². The SMILES string of the molecule is CCOc1ccccc1N(CC(=O)N(Cc1ccc(C)cc1)C(C)C(=O)NCC(C)C)S(=O)(=O)c1ccc(SC)cc1. The summed E-state index contributed by atoms with van der Waals surface area (Å²) in [6, 6.07) is 20.1. The monoisotopic (exact) mass is 611 g/mol. The topological polar surface area (TPSA) is 96.0 Å². The van der Waals surface area contributed by atoms with Crippen molar-refractivity contribution in [3.8, 4) is 5.75 Å². The Bertz CT molecular complexity index is 1440. The number of amides is 2. The number of benzene rings is 3. The Hall–Kier alpha value is -3.50. The molecule has 0 radical (unpaired) electrons. The highest BCUT2D eigenvalue weighted by molar-refractivity contribution is 7.98. The van der Waals surface area contributed by atoms with Crippen molar-refractivity contribution in [1.82, 2.24) is 10.2 Å². The summed E-state index contributed by atoms with van der Waals surface area (Å²) in [7, 11) is -4.20. The number of anilines is 1. The first kappa shape index (κ1) is 33.0. The molecule has 0 aromatic heterocycles. The van der Waals surface area contributed by atoms with E-state index < -0.39 is 28.5 Å². The zero-order chi connectivity index (χ0) is 30.9. The maximum atomic E-state index is 14.1. The van der Waals surface area contributed by atoms with Crippen LogP contribution in [0.25, 0.3) is 0 Å². The van der Waals surface area contributed by atoms with Gasteiger partial charge in [-0.1, -0.05) is 55.8 Å². The third-order valence-corrected chi connectivity index (χ3v) is 9.20. The largest absolute Gasteiger partial charge is 0.492 e. The average molecular weight is 612 g/mol. The molecule has 0 aliphatic carbocycles. The summed E-state index contributed by atoms with van der Waals surface area (Å²) in [4.78, 5) is 29.7. The minimum absolute atomic E-state index is 0.0483. The van der Waals surface area contributed by atoms with E-state index in [2.05, 4.69) is 5.32 Å². The van der Waals surface area contributed by atoms with Crippen molar-refractivity contribution in [3.63, 3.8) is 0 Å². The van der Waals surface area contributed by atoms with Gasteiger partial charge < -0.3 is 15.0 Å². The molecule has 0 fully saturated rings. The highest BCUT2D eigenvalue weighted by Gasteiger charge is 2.33. The maximum Gasteiger partial charge on any atom is 0.264 e. The molecule has 0 aliphatic heterocycles. The number of hydrogen-bond acceptors (Lipinski definition) is 6. The molecule has 3 rings (SSSR count). The van der Waals surface area contributed by atoms with Crippen molar-refractivity contribution in [2.24, 2.45) is 5.92 Å². The van der Waals surface area contributed by atoms with Gasteiger partial charge >= 0.3 is 0 Å². The van der Waals surface area contributed by atoms with Gasteiger partial charge in [0.05, 0.1) is 17.2 Å². The summed E-state index contributed by atoms with van der Waals surface area (Å²) in [5.74, 6) is -0.250. The van der Waals surface area contributed by atoms with Crippen LogP contribution in [-0.2, 0) is 26.2 Å². The fourth-order valence-electron chi connectivity index (χ4n) is 4.25. The van der Waals surface area contributed by atoms with Crippen molar-refractivity contribution >= 4 is 39.3 Å². The molecule has 3 aromatic rings. The van der Waals surface area contributed by atoms with Crippen LogP contribution in [0.15, 0.2) is 82.6 Å². The van der Waals surface area contributed by atoms with Crippen LogP contribution in [0.1, 0.15) is 38.8 Å². The Morgan fingerprint density at radius 3 is 2.19 bits per heavy atom. The van der Waals surface area contributed by atoms with Gasteiger partial charge in [-0.05, 0) is 74.9 Å². The lowest BCUT2D eigenvalue weighted by molar-refractivity contribution is -0.139. The van der Waals surface area contributed by atoms with E-state index in [1.165, 1.54) is 28.8 Å². The number of aryl methyl sites for hydroxylation is 1. The van der Waals surface area contributed by atoms with Crippen LogP contribution < -0.4 is 14.4 Å². The first-order valence-corrected chi connectivity index (χ1v) is 16.7. The average Bonchev–Trinajstić information content (AvgIpc) is 2.98. The van der Waals surface area contributed by atoms with E-state index in [1.54, 1.807) is 43.3 Å². The minimum atomic E-state index is -4.20. The zero-order valence-corrected chi connectivity index (χ0v) is 26.8. The molecule has 10 heteroatoms. The van der Waals surface area contributed by atoms with Gasteiger partial charge in [0, 0.05) is 18.0 Å². The van der Waals surface area contributed by atoms with Crippen molar-refractivity contribution < 1.29 is 22.7 Å². The van der Waals surface area contributed by atoms with E-state index in [-0.39, 0.29) is 29.0 Å². The Morgan fingerprint density at radius 1 is 0.952 bits per heavy atom. The minimum Gasteiger partial charge on any atom is -0.492 e. The molecular weight excluding hydrogens is 571 g/mol. The van der Waals surface area contributed by atoms with Crippen molar-refractivity contribution in [1.29, 1.82) is 0 Å². The number of thioether (sulfide) groups is 1. The van der Waals surface area contributed by atoms with Crippen LogP contribution in [0.4, 0.5) is 5.69 Å². The summed E-state index contributed by atoms with van der Waals surface area (Å²) in [5.41, 5.74) is 2.14. The van der Waals surface area contributed by atoms with Crippen LogP contribution in [0.5, 0.6) is 5.75 Å². The fraction of sp³-hybridized carbons (Fsp3) is 0.375. The highest BCUT2D eigenvalue weighted by atomic mass is 32.2. The summed E-state index contributed by atoms with van der Waals surface area (Å²) in [6.45, 7) is 9.81. The first-order valence-electron chi connectivity index (χ1n) is 14.0. The molecule has 0 saturated carbocycles. The Morgan fingerprint density at radius 2 is 1.60 bits per heavy atom. The molecule has 0 heterocycles. The van der Waals surface area contributed by atoms with Gasteiger partial charge in [-0.3, -0.25) is 13.9 Å². The van der Waals surface area contributed by atoms with Crippen molar-refractivity contribution in [2.75, 3.05) is 30.3 Å². The van der Waals surface area contributed by atoms with Gasteiger partial charge in [0.1, 0.15) is 18.3 Å². The second-order valence-electron chi connectivity index (χ2n) is 10.4. The lowest BCUT2D eigenvalue weighted by Gasteiger charge is -2.32. The normalized spacial score (nSPS) is 12.1. The van der Waals surface area contributed by atoms with Crippen LogP contribution in [0.3, 0.4) is 0 Å². The van der Waals surface area contributed by atoms with Gasteiger partial charge in [-0.25, -0.2) is 8.42 Å². The van der Waals surface area contributed by atoms with E-state index in [9.17, 15) is 18.0 Å². The van der Waals surface area contributed by atoms with Gasteiger partial charge in [-0.15, -0.1) is 11.8 Å². The van der Waals surface area contributed by atoms with Gasteiger partial charge in [0.25, 0.3) is 10.0 Å². The standard InChI is InChI=1S/C32H41N3O5S2/c1-7-40-30-11-9-8-10-29(30)35(42(38,39)28-18-16-27(41-6)17-19-28)22-31(36)34(21-26-14-12-24(4)13-15-26)25(5)32(37)33-20-23(2)3/h8-19,23,25H,7,20-22H2,1-6H3,(H,33,37). The molecule has 1 atom stereocenters. The van der Waals surface area contributed by atoms with E-state index in [0.29, 0.717) is 18.9 Å². The van der Waals surface area contributed by atoms with Crippen LogP contribution in [-0.4, -0.2) is 57.1 Å². The number of nitrogens with zero attached hydrogens (tertiary/aromatic N) is 2. The lowest BCUT2D eigenvalue weighted by atomic mass is 10.1. The Labute approximate surface area is 254 Å². The highest BCUT2D eigenvalue weighted by Crippen LogP contribution is 2.33. The second-order valence-corrected chi connectivity index (χ2v) is 13.2. The third kappa shape index (κ3) is 8.51. The third-order valence-electron chi connectivity index (χ3n) is 6.69. The number of hydrogen-bond donors (Lipinski definition) is 1. The fourth-order valence-corrected chi connectivity index (χ4v) is 6.09. The number of carbonyl (C=O) groups excluding carboxylic acids is 2.